The molecule has 110 valence electrons. The fourth-order valence-electron chi connectivity index (χ4n) is 2.38. The summed E-state index contributed by atoms with van der Waals surface area (Å²) >= 11 is 0. The van der Waals surface area contributed by atoms with Gasteiger partial charge in [0.2, 0.25) is 0 Å². The number of rotatable bonds is 3. The van der Waals surface area contributed by atoms with Crippen LogP contribution >= 0.6 is 0 Å². The molecule has 1 aliphatic rings. The van der Waals surface area contributed by atoms with E-state index in [-0.39, 0.29) is 0 Å². The van der Waals surface area contributed by atoms with Crippen molar-refractivity contribution in [3.63, 3.8) is 0 Å². The number of carboxylic acids is 1. The second kappa shape index (κ2) is 5.09. The van der Waals surface area contributed by atoms with Gasteiger partial charge in [-0.15, -0.1) is 0 Å². The number of hydrogen-bond donors (Lipinski definition) is 1. The topological polar surface area (TPSA) is 74.7 Å². The first kappa shape index (κ1) is 14.8. The molecule has 1 aromatic rings. The van der Waals surface area contributed by atoms with Gasteiger partial charge in [0.15, 0.2) is 9.84 Å². The van der Waals surface area contributed by atoms with Crippen molar-refractivity contribution in [3.05, 3.63) is 24.3 Å². The summed E-state index contributed by atoms with van der Waals surface area (Å²) in [5.74, 6) is -0.746. The number of sulfone groups is 1. The molecule has 1 fully saturated rings. The first-order valence-electron chi connectivity index (χ1n) is 6.51. The molecule has 6 heteroatoms. The summed E-state index contributed by atoms with van der Waals surface area (Å²) in [5, 5.41) is 9.20. The Hall–Kier alpha value is -1.56. The molecule has 1 N–H and O–H groups in total. The van der Waals surface area contributed by atoms with E-state index in [1.807, 2.05) is 0 Å². The molecule has 0 bridgehead atoms. The van der Waals surface area contributed by atoms with Crippen LogP contribution < -0.4 is 4.90 Å². The molecule has 1 aromatic carbocycles. The van der Waals surface area contributed by atoms with Crippen LogP contribution in [0.5, 0.6) is 0 Å². The number of carbonyl (C=O) groups is 1. The van der Waals surface area contributed by atoms with Gasteiger partial charge in [-0.3, -0.25) is 4.79 Å². The summed E-state index contributed by atoms with van der Waals surface area (Å²) in [6.45, 7) is 3.11. The van der Waals surface area contributed by atoms with Crippen LogP contribution in [0.1, 0.15) is 19.8 Å². The minimum Gasteiger partial charge on any atom is -0.481 e. The van der Waals surface area contributed by atoms with Gasteiger partial charge in [-0.05, 0) is 44.0 Å². The van der Waals surface area contributed by atoms with Gasteiger partial charge < -0.3 is 10.0 Å². The molecule has 1 aliphatic heterocycles. The van der Waals surface area contributed by atoms with Crippen LogP contribution in [0.25, 0.3) is 0 Å². The van der Waals surface area contributed by atoms with Crippen molar-refractivity contribution >= 4 is 21.5 Å². The summed E-state index contributed by atoms with van der Waals surface area (Å²) in [7, 11) is -3.18. The van der Waals surface area contributed by atoms with Crippen LogP contribution in [-0.4, -0.2) is 38.8 Å². The molecule has 0 atom stereocenters. The van der Waals surface area contributed by atoms with Crippen LogP contribution in [0, 0.1) is 5.41 Å². The Bertz CT molecular complexity index is 599. The van der Waals surface area contributed by atoms with E-state index in [0.717, 1.165) is 5.69 Å². The van der Waals surface area contributed by atoms with Gasteiger partial charge in [0, 0.05) is 25.0 Å². The van der Waals surface area contributed by atoms with Gasteiger partial charge in [-0.1, -0.05) is 0 Å². The maximum atomic E-state index is 11.4. The number of carboxylic acid groups (broad SMARTS) is 1. The highest BCUT2D eigenvalue weighted by Gasteiger charge is 2.36. The molecule has 5 nitrogen and oxygen atoms in total. The predicted octanol–water partition coefficient (Wildman–Crippen LogP) is 1.78. The number of anilines is 1. The number of aliphatic carboxylic acids is 1. The van der Waals surface area contributed by atoms with E-state index in [9.17, 15) is 18.3 Å². The zero-order valence-corrected chi connectivity index (χ0v) is 12.5. The van der Waals surface area contributed by atoms with Crippen molar-refractivity contribution in [2.75, 3.05) is 24.2 Å². The Morgan fingerprint density at radius 1 is 1.20 bits per heavy atom. The Labute approximate surface area is 119 Å². The lowest BCUT2D eigenvalue weighted by Crippen LogP contribution is -2.42. The third-order valence-corrected chi connectivity index (χ3v) is 5.14. The second-order valence-electron chi connectivity index (χ2n) is 5.62. The molecule has 0 saturated carbocycles. The molecule has 20 heavy (non-hydrogen) atoms. The van der Waals surface area contributed by atoms with E-state index in [0.29, 0.717) is 30.8 Å². The number of nitrogens with zero attached hydrogens (tertiary/aromatic N) is 1. The van der Waals surface area contributed by atoms with E-state index < -0.39 is 21.2 Å². The van der Waals surface area contributed by atoms with Crippen LogP contribution in [0.3, 0.4) is 0 Å². The quantitative estimate of drug-likeness (QED) is 0.920. The highest BCUT2D eigenvalue weighted by atomic mass is 32.2. The summed E-state index contributed by atoms with van der Waals surface area (Å²) in [4.78, 5) is 13.6. The lowest BCUT2D eigenvalue weighted by atomic mass is 9.80. The molecule has 0 amide bonds. The van der Waals surface area contributed by atoms with Crippen LogP contribution in [0.15, 0.2) is 29.2 Å². The van der Waals surface area contributed by atoms with Crippen molar-refractivity contribution in [2.45, 2.75) is 24.7 Å². The third kappa shape index (κ3) is 2.95. The predicted molar refractivity (Wildman–Crippen MR) is 76.7 cm³/mol. The van der Waals surface area contributed by atoms with Crippen molar-refractivity contribution in [2.24, 2.45) is 5.41 Å². The maximum absolute atomic E-state index is 11.4. The molecule has 0 aromatic heterocycles. The van der Waals surface area contributed by atoms with Gasteiger partial charge in [-0.2, -0.15) is 0 Å². The van der Waals surface area contributed by atoms with Gasteiger partial charge >= 0.3 is 5.97 Å². The fourth-order valence-corrected chi connectivity index (χ4v) is 3.01. The van der Waals surface area contributed by atoms with Gasteiger partial charge in [0.1, 0.15) is 0 Å². The normalized spacial score (nSPS) is 18.8. The number of benzene rings is 1. The van der Waals surface area contributed by atoms with Gasteiger partial charge in [0.05, 0.1) is 10.3 Å². The van der Waals surface area contributed by atoms with Crippen molar-refractivity contribution < 1.29 is 18.3 Å². The van der Waals surface area contributed by atoms with Crippen LogP contribution in [-0.2, 0) is 14.6 Å². The highest BCUT2D eigenvalue weighted by molar-refractivity contribution is 7.90. The minimum atomic E-state index is -3.18. The van der Waals surface area contributed by atoms with Gasteiger partial charge in [0.25, 0.3) is 0 Å². The zero-order chi connectivity index (χ0) is 15.0. The molecular weight excluding hydrogens is 278 g/mol. The van der Waals surface area contributed by atoms with Crippen LogP contribution in [0.4, 0.5) is 5.69 Å². The summed E-state index contributed by atoms with van der Waals surface area (Å²) < 4.78 is 22.8. The first-order chi connectivity index (χ1) is 9.22. The second-order valence-corrected chi connectivity index (χ2v) is 7.63. The third-order valence-electron chi connectivity index (χ3n) is 4.01. The van der Waals surface area contributed by atoms with E-state index in [1.165, 1.54) is 6.26 Å². The monoisotopic (exact) mass is 297 g/mol. The average molecular weight is 297 g/mol. The van der Waals surface area contributed by atoms with E-state index in [2.05, 4.69) is 4.90 Å². The van der Waals surface area contributed by atoms with Crippen molar-refractivity contribution in [1.29, 1.82) is 0 Å². The minimum absolute atomic E-state index is 0.300. The van der Waals surface area contributed by atoms with E-state index >= 15 is 0 Å². The molecule has 2 rings (SSSR count). The van der Waals surface area contributed by atoms with Crippen molar-refractivity contribution in [3.8, 4) is 0 Å². The smallest absolute Gasteiger partial charge is 0.309 e. The lowest BCUT2D eigenvalue weighted by molar-refractivity contribution is -0.149. The van der Waals surface area contributed by atoms with E-state index in [4.69, 9.17) is 0 Å². The summed E-state index contributed by atoms with van der Waals surface area (Å²) in [6, 6.07) is 6.74. The van der Waals surface area contributed by atoms with E-state index in [1.54, 1.807) is 31.2 Å². The van der Waals surface area contributed by atoms with Crippen molar-refractivity contribution in [1.82, 2.24) is 0 Å². The number of piperidine rings is 1. The molecular formula is C14H19NO4S. The number of hydrogen-bond acceptors (Lipinski definition) is 4. The summed E-state index contributed by atoms with van der Waals surface area (Å²) in [5.41, 5.74) is 0.285. The standard InChI is InChI=1S/C14H19NO4S/c1-14(13(16)17)7-9-15(10-8-14)11-3-5-12(6-4-11)20(2,18)19/h3-6H,7-10H2,1-2H3,(H,16,17). The largest absolute Gasteiger partial charge is 0.481 e. The van der Waals surface area contributed by atoms with Crippen LogP contribution in [0.2, 0.25) is 0 Å². The molecule has 0 aliphatic carbocycles. The lowest BCUT2D eigenvalue weighted by Gasteiger charge is -2.37. The maximum Gasteiger partial charge on any atom is 0.309 e. The Morgan fingerprint density at radius 3 is 2.10 bits per heavy atom. The SMILES string of the molecule is CC1(C(=O)O)CCN(c2ccc(S(C)(=O)=O)cc2)CC1. The average Bonchev–Trinajstić information content (AvgIpc) is 2.38. The Balaban J connectivity index is 2.10. The van der Waals surface area contributed by atoms with Gasteiger partial charge in [-0.25, -0.2) is 8.42 Å². The highest BCUT2D eigenvalue weighted by Crippen LogP contribution is 2.33. The molecule has 1 saturated heterocycles. The summed E-state index contributed by atoms with van der Waals surface area (Å²) in [6.07, 6.45) is 2.37. The molecule has 0 radical (unpaired) electrons. The Kier molecular flexibility index (Phi) is 3.77. The molecule has 0 unspecified atom stereocenters. The molecule has 1 heterocycles. The zero-order valence-electron chi connectivity index (χ0n) is 11.7. The Morgan fingerprint density at radius 2 is 1.70 bits per heavy atom. The fraction of sp³-hybridized carbons (Fsp3) is 0.500. The molecule has 0 spiro atoms. The first-order valence-corrected chi connectivity index (χ1v) is 8.40.